The van der Waals surface area contributed by atoms with Gasteiger partial charge < -0.3 is 15.8 Å². The fraction of sp³-hybridized carbons (Fsp3) is 0.500. The van der Waals surface area contributed by atoms with Crippen molar-refractivity contribution in [2.75, 3.05) is 13.7 Å². The molecule has 0 radical (unpaired) electrons. The first-order valence-electron chi connectivity index (χ1n) is 6.42. The van der Waals surface area contributed by atoms with Crippen molar-refractivity contribution >= 4 is 34.2 Å². The standard InChI is InChI=1S/C14H20BrFN2O2.ClH/c1-9(18-14(19)7-11(8-17)20-2)5-10-3-4-13(16)12(15)6-10;/h3-4,6,9,11H,5,7-8,17H2,1-2H3,(H,18,19);1H. The highest BCUT2D eigenvalue weighted by atomic mass is 79.9. The van der Waals surface area contributed by atoms with Crippen LogP contribution in [0.3, 0.4) is 0 Å². The monoisotopic (exact) mass is 382 g/mol. The molecule has 0 bridgehead atoms. The molecule has 0 saturated carbocycles. The Balaban J connectivity index is 0.00000400. The number of halogens is 3. The molecule has 0 aliphatic heterocycles. The van der Waals surface area contributed by atoms with E-state index in [1.54, 1.807) is 12.1 Å². The Morgan fingerprint density at radius 2 is 2.19 bits per heavy atom. The molecule has 1 aromatic carbocycles. The molecule has 0 spiro atoms. The van der Waals surface area contributed by atoms with E-state index >= 15 is 0 Å². The van der Waals surface area contributed by atoms with Gasteiger partial charge in [0.05, 0.1) is 17.0 Å². The summed E-state index contributed by atoms with van der Waals surface area (Å²) in [6.45, 7) is 2.21. The van der Waals surface area contributed by atoms with Crippen molar-refractivity contribution in [3.63, 3.8) is 0 Å². The molecule has 1 rings (SSSR count). The van der Waals surface area contributed by atoms with Crippen LogP contribution in [0.5, 0.6) is 0 Å². The maximum Gasteiger partial charge on any atom is 0.222 e. The van der Waals surface area contributed by atoms with Crippen molar-refractivity contribution < 1.29 is 13.9 Å². The van der Waals surface area contributed by atoms with Crippen LogP contribution in [0.2, 0.25) is 0 Å². The molecule has 1 aromatic rings. The number of nitrogens with one attached hydrogen (secondary N) is 1. The maximum atomic E-state index is 13.1. The quantitative estimate of drug-likeness (QED) is 0.760. The average Bonchev–Trinajstić information content (AvgIpc) is 2.40. The van der Waals surface area contributed by atoms with E-state index in [4.69, 9.17) is 10.5 Å². The number of amides is 1. The number of ether oxygens (including phenoxy) is 1. The molecular formula is C14H21BrClFN2O2. The lowest BCUT2D eigenvalue weighted by Gasteiger charge is -2.17. The minimum Gasteiger partial charge on any atom is -0.380 e. The van der Waals surface area contributed by atoms with Gasteiger partial charge in [0.2, 0.25) is 5.91 Å². The van der Waals surface area contributed by atoms with Gasteiger partial charge in [-0.1, -0.05) is 6.07 Å². The van der Waals surface area contributed by atoms with E-state index in [0.29, 0.717) is 17.4 Å². The predicted molar refractivity (Wildman–Crippen MR) is 87.1 cm³/mol. The second-order valence-electron chi connectivity index (χ2n) is 4.72. The summed E-state index contributed by atoms with van der Waals surface area (Å²) in [7, 11) is 1.53. The molecule has 120 valence electrons. The normalized spacial score (nSPS) is 13.2. The Hall–Kier alpha value is -0.690. The summed E-state index contributed by atoms with van der Waals surface area (Å²) in [6, 6.07) is 4.79. The van der Waals surface area contributed by atoms with E-state index < -0.39 is 0 Å². The van der Waals surface area contributed by atoms with Gasteiger partial charge >= 0.3 is 0 Å². The average molecular weight is 384 g/mol. The molecule has 0 heterocycles. The van der Waals surface area contributed by atoms with E-state index in [1.165, 1.54) is 13.2 Å². The molecule has 0 aliphatic carbocycles. The fourth-order valence-electron chi connectivity index (χ4n) is 1.87. The summed E-state index contributed by atoms with van der Waals surface area (Å²) >= 11 is 3.15. The fourth-order valence-corrected chi connectivity index (χ4v) is 2.30. The summed E-state index contributed by atoms with van der Waals surface area (Å²) in [5.74, 6) is -0.396. The van der Waals surface area contributed by atoms with Crippen LogP contribution in [0, 0.1) is 5.82 Å². The van der Waals surface area contributed by atoms with Crippen molar-refractivity contribution in [1.29, 1.82) is 0 Å². The van der Waals surface area contributed by atoms with Gasteiger partial charge in [-0.25, -0.2) is 4.39 Å². The third-order valence-electron chi connectivity index (χ3n) is 2.94. The van der Waals surface area contributed by atoms with Gasteiger partial charge in [-0.05, 0) is 47.0 Å². The van der Waals surface area contributed by atoms with Crippen LogP contribution in [0.25, 0.3) is 0 Å². The summed E-state index contributed by atoms with van der Waals surface area (Å²) in [5.41, 5.74) is 6.42. The van der Waals surface area contributed by atoms with Crippen molar-refractivity contribution in [2.24, 2.45) is 5.73 Å². The van der Waals surface area contributed by atoms with Crippen LogP contribution < -0.4 is 11.1 Å². The summed E-state index contributed by atoms with van der Waals surface area (Å²) in [6.07, 6.45) is 0.608. The summed E-state index contributed by atoms with van der Waals surface area (Å²) < 4.78 is 18.6. The molecule has 2 atom stereocenters. The van der Waals surface area contributed by atoms with Gasteiger partial charge in [0.25, 0.3) is 0 Å². The Morgan fingerprint density at radius 3 is 2.71 bits per heavy atom. The van der Waals surface area contributed by atoms with Crippen LogP contribution in [-0.2, 0) is 16.0 Å². The van der Waals surface area contributed by atoms with E-state index in [1.807, 2.05) is 6.92 Å². The first-order chi connectivity index (χ1) is 9.46. The summed E-state index contributed by atoms with van der Waals surface area (Å²) in [5, 5.41) is 2.88. The second-order valence-corrected chi connectivity index (χ2v) is 5.57. The van der Waals surface area contributed by atoms with Gasteiger partial charge in [-0.3, -0.25) is 4.79 Å². The molecule has 0 saturated heterocycles. The third kappa shape index (κ3) is 7.22. The minimum atomic E-state index is -0.295. The van der Waals surface area contributed by atoms with Gasteiger partial charge in [-0.15, -0.1) is 12.4 Å². The van der Waals surface area contributed by atoms with Crippen LogP contribution in [0.4, 0.5) is 4.39 Å². The zero-order valence-electron chi connectivity index (χ0n) is 12.1. The number of rotatable bonds is 7. The third-order valence-corrected chi connectivity index (χ3v) is 3.55. The number of hydrogen-bond donors (Lipinski definition) is 2. The molecule has 7 heteroatoms. The number of benzene rings is 1. The van der Waals surface area contributed by atoms with Crippen molar-refractivity contribution in [3.05, 3.63) is 34.1 Å². The van der Waals surface area contributed by atoms with E-state index in [2.05, 4.69) is 21.2 Å². The molecular weight excluding hydrogens is 363 g/mol. The number of carbonyl (C=O) groups excluding carboxylic acids is 1. The molecule has 0 aliphatic rings. The first kappa shape index (κ1) is 20.3. The van der Waals surface area contributed by atoms with E-state index in [9.17, 15) is 9.18 Å². The number of carbonyl (C=O) groups is 1. The largest absolute Gasteiger partial charge is 0.380 e. The number of hydrogen-bond acceptors (Lipinski definition) is 3. The minimum absolute atomic E-state index is 0. The van der Waals surface area contributed by atoms with Gasteiger partial charge in [0.15, 0.2) is 0 Å². The first-order valence-corrected chi connectivity index (χ1v) is 7.21. The lowest BCUT2D eigenvalue weighted by atomic mass is 10.1. The van der Waals surface area contributed by atoms with Crippen molar-refractivity contribution in [1.82, 2.24) is 5.32 Å². The summed E-state index contributed by atoms with van der Waals surface area (Å²) in [4.78, 5) is 11.8. The Morgan fingerprint density at radius 1 is 1.52 bits per heavy atom. The predicted octanol–water partition coefficient (Wildman–Crippen LogP) is 2.42. The lowest BCUT2D eigenvalue weighted by Crippen LogP contribution is -2.38. The molecule has 1 amide bonds. The topological polar surface area (TPSA) is 64.3 Å². The van der Waals surface area contributed by atoms with Crippen LogP contribution in [-0.4, -0.2) is 31.7 Å². The van der Waals surface area contributed by atoms with E-state index in [0.717, 1.165) is 5.56 Å². The molecule has 0 fully saturated rings. The molecule has 3 N–H and O–H groups in total. The number of methoxy groups -OCH3 is 1. The molecule has 2 unspecified atom stereocenters. The van der Waals surface area contributed by atoms with Crippen LogP contribution >= 0.6 is 28.3 Å². The Bertz CT molecular complexity index is 459. The Labute approximate surface area is 139 Å². The highest BCUT2D eigenvalue weighted by Gasteiger charge is 2.14. The van der Waals surface area contributed by atoms with E-state index in [-0.39, 0.29) is 42.7 Å². The van der Waals surface area contributed by atoms with Crippen molar-refractivity contribution in [3.8, 4) is 0 Å². The van der Waals surface area contributed by atoms with Gasteiger partial charge in [0.1, 0.15) is 5.82 Å². The zero-order chi connectivity index (χ0) is 15.1. The van der Waals surface area contributed by atoms with Crippen LogP contribution in [0.1, 0.15) is 18.9 Å². The SMILES string of the molecule is COC(CN)CC(=O)NC(C)Cc1ccc(F)c(Br)c1.Cl. The maximum absolute atomic E-state index is 13.1. The Kier molecular flexibility index (Phi) is 9.77. The highest BCUT2D eigenvalue weighted by Crippen LogP contribution is 2.17. The van der Waals surface area contributed by atoms with Gasteiger partial charge in [0, 0.05) is 19.7 Å². The smallest absolute Gasteiger partial charge is 0.222 e. The molecule has 4 nitrogen and oxygen atoms in total. The number of nitrogens with two attached hydrogens (primary N) is 1. The van der Waals surface area contributed by atoms with Crippen molar-refractivity contribution in [2.45, 2.75) is 31.9 Å². The lowest BCUT2D eigenvalue weighted by molar-refractivity contribution is -0.123. The zero-order valence-corrected chi connectivity index (χ0v) is 14.5. The second kappa shape index (κ2) is 10.1. The highest BCUT2D eigenvalue weighted by molar-refractivity contribution is 9.10. The molecule has 0 aromatic heterocycles. The van der Waals surface area contributed by atoms with Gasteiger partial charge in [-0.2, -0.15) is 0 Å². The molecule has 21 heavy (non-hydrogen) atoms. The van der Waals surface area contributed by atoms with Crippen LogP contribution in [0.15, 0.2) is 22.7 Å².